The SMILES string of the molecule is [B]c1cccc(C2=C(C(=O)N(Cc3cc(OC)cc(OCCCOC)c3)C3CC3)CNCC2)c1. The number of methoxy groups -OCH3 is 2. The topological polar surface area (TPSA) is 60.0 Å². The van der Waals surface area contributed by atoms with Crippen molar-refractivity contribution in [2.45, 2.75) is 38.3 Å². The number of nitrogens with zero attached hydrogens (tertiary/aromatic N) is 1. The van der Waals surface area contributed by atoms with E-state index in [0.29, 0.717) is 31.8 Å². The second kappa shape index (κ2) is 11.6. The van der Waals surface area contributed by atoms with Gasteiger partial charge in [0.1, 0.15) is 19.3 Å². The van der Waals surface area contributed by atoms with Crippen molar-refractivity contribution in [2.24, 2.45) is 0 Å². The summed E-state index contributed by atoms with van der Waals surface area (Å²) in [6, 6.07) is 14.0. The minimum atomic E-state index is 0.0949. The highest BCUT2D eigenvalue weighted by molar-refractivity contribution is 6.32. The predicted molar refractivity (Wildman–Crippen MR) is 135 cm³/mol. The average Bonchev–Trinajstić information content (AvgIpc) is 3.70. The molecule has 1 amide bonds. The maximum atomic E-state index is 13.9. The molecule has 0 bridgehead atoms. The number of carbonyl (C=O) groups excluding carboxylic acids is 1. The van der Waals surface area contributed by atoms with Gasteiger partial charge in [0.2, 0.25) is 0 Å². The number of nitrogens with one attached hydrogen (secondary N) is 1. The number of hydrogen-bond acceptors (Lipinski definition) is 5. The molecule has 1 saturated carbocycles. The Labute approximate surface area is 203 Å². The van der Waals surface area contributed by atoms with E-state index in [2.05, 4.69) is 5.32 Å². The summed E-state index contributed by atoms with van der Waals surface area (Å²) in [5.74, 6) is 1.56. The quantitative estimate of drug-likeness (QED) is 0.413. The molecule has 2 radical (unpaired) electrons. The van der Waals surface area contributed by atoms with Crippen molar-refractivity contribution in [1.82, 2.24) is 10.2 Å². The Bertz CT molecular complexity index is 1040. The third-order valence-corrected chi connectivity index (χ3v) is 6.25. The number of hydrogen-bond donors (Lipinski definition) is 1. The molecule has 0 spiro atoms. The zero-order valence-electron chi connectivity index (χ0n) is 20.1. The van der Waals surface area contributed by atoms with E-state index in [-0.39, 0.29) is 11.9 Å². The number of benzene rings is 2. The van der Waals surface area contributed by atoms with Crippen LogP contribution in [-0.4, -0.2) is 65.2 Å². The van der Waals surface area contributed by atoms with Crippen LogP contribution in [0.4, 0.5) is 0 Å². The predicted octanol–water partition coefficient (Wildman–Crippen LogP) is 2.84. The fourth-order valence-corrected chi connectivity index (χ4v) is 4.37. The smallest absolute Gasteiger partial charge is 0.251 e. The summed E-state index contributed by atoms with van der Waals surface area (Å²) >= 11 is 0. The van der Waals surface area contributed by atoms with Crippen LogP contribution < -0.4 is 20.3 Å². The lowest BCUT2D eigenvalue weighted by Crippen LogP contribution is -2.39. The molecule has 2 aromatic rings. The van der Waals surface area contributed by atoms with E-state index >= 15 is 0 Å². The van der Waals surface area contributed by atoms with Crippen molar-refractivity contribution < 1.29 is 19.0 Å². The minimum Gasteiger partial charge on any atom is -0.497 e. The van der Waals surface area contributed by atoms with Crippen molar-refractivity contribution in [3.05, 3.63) is 59.2 Å². The van der Waals surface area contributed by atoms with Gasteiger partial charge in [-0.3, -0.25) is 4.79 Å². The molecular formula is C27H33BN2O4. The van der Waals surface area contributed by atoms with Crippen molar-refractivity contribution in [1.29, 1.82) is 0 Å². The maximum Gasteiger partial charge on any atom is 0.251 e. The largest absolute Gasteiger partial charge is 0.497 e. The van der Waals surface area contributed by atoms with Crippen LogP contribution in [0.25, 0.3) is 5.57 Å². The number of ether oxygens (including phenoxy) is 3. The van der Waals surface area contributed by atoms with Crippen LogP contribution in [-0.2, 0) is 16.1 Å². The molecule has 0 aromatic heterocycles. The van der Waals surface area contributed by atoms with Gasteiger partial charge in [0.15, 0.2) is 0 Å². The molecule has 0 saturated heterocycles. The van der Waals surface area contributed by atoms with E-state index in [1.165, 1.54) is 0 Å². The molecule has 7 heteroatoms. The van der Waals surface area contributed by atoms with Gasteiger partial charge in [-0.2, -0.15) is 0 Å². The molecule has 1 aliphatic carbocycles. The molecule has 1 fully saturated rings. The van der Waals surface area contributed by atoms with Gasteiger partial charge in [-0.15, -0.1) is 0 Å². The Hall–Kier alpha value is -2.77. The summed E-state index contributed by atoms with van der Waals surface area (Å²) < 4.78 is 16.5. The summed E-state index contributed by atoms with van der Waals surface area (Å²) in [6.07, 6.45) is 3.68. The molecule has 6 nitrogen and oxygen atoms in total. The van der Waals surface area contributed by atoms with Crippen LogP contribution in [0.15, 0.2) is 48.0 Å². The van der Waals surface area contributed by atoms with Crippen LogP contribution in [0.3, 0.4) is 0 Å². The molecule has 1 aliphatic heterocycles. The van der Waals surface area contributed by atoms with Gasteiger partial charge in [-0.1, -0.05) is 29.7 Å². The van der Waals surface area contributed by atoms with Gasteiger partial charge in [0.25, 0.3) is 5.91 Å². The first-order valence-electron chi connectivity index (χ1n) is 12.0. The molecule has 178 valence electrons. The van der Waals surface area contributed by atoms with E-state index in [0.717, 1.165) is 66.0 Å². The summed E-state index contributed by atoms with van der Waals surface area (Å²) in [6.45, 7) is 3.15. The van der Waals surface area contributed by atoms with Gasteiger partial charge in [-0.05, 0) is 54.6 Å². The van der Waals surface area contributed by atoms with E-state index < -0.39 is 0 Å². The van der Waals surface area contributed by atoms with Gasteiger partial charge in [0.05, 0.1) is 13.7 Å². The van der Waals surface area contributed by atoms with Gasteiger partial charge in [-0.25, -0.2) is 0 Å². The lowest BCUT2D eigenvalue weighted by atomic mass is 9.88. The standard InChI is InChI=1S/C27H33BN2O4/c1-32-11-4-12-34-24-14-19(13-23(16-24)33-2)18-30(22-7-8-22)27(31)26-17-29-10-9-25(26)20-5-3-6-21(28)15-20/h3,5-6,13-16,22,29H,4,7-12,17-18H2,1-2H3. The Morgan fingerprint density at radius 3 is 2.68 bits per heavy atom. The lowest BCUT2D eigenvalue weighted by Gasteiger charge is -2.28. The third kappa shape index (κ3) is 6.22. The average molecular weight is 460 g/mol. The first kappa shape index (κ1) is 24.4. The zero-order valence-corrected chi connectivity index (χ0v) is 20.1. The molecule has 34 heavy (non-hydrogen) atoms. The molecule has 0 unspecified atom stereocenters. The fourth-order valence-electron chi connectivity index (χ4n) is 4.37. The van der Waals surface area contributed by atoms with Crippen LogP contribution in [0.2, 0.25) is 0 Å². The first-order chi connectivity index (χ1) is 16.6. The highest BCUT2D eigenvalue weighted by Gasteiger charge is 2.35. The molecule has 1 heterocycles. The van der Waals surface area contributed by atoms with Crippen molar-refractivity contribution in [2.75, 3.05) is 40.5 Å². The molecular weight excluding hydrogens is 427 g/mol. The van der Waals surface area contributed by atoms with E-state index in [9.17, 15) is 4.79 Å². The number of amides is 1. The summed E-state index contributed by atoms with van der Waals surface area (Å²) in [5, 5.41) is 3.38. The van der Waals surface area contributed by atoms with Gasteiger partial charge < -0.3 is 24.4 Å². The van der Waals surface area contributed by atoms with E-state index in [1.807, 2.05) is 47.4 Å². The zero-order chi connectivity index (χ0) is 23.9. The van der Waals surface area contributed by atoms with Crippen molar-refractivity contribution in [3.8, 4) is 11.5 Å². The maximum absolute atomic E-state index is 13.9. The number of rotatable bonds is 11. The Morgan fingerprint density at radius 1 is 1.12 bits per heavy atom. The molecule has 0 atom stereocenters. The van der Waals surface area contributed by atoms with Crippen LogP contribution in [0, 0.1) is 0 Å². The van der Waals surface area contributed by atoms with Crippen molar-refractivity contribution in [3.63, 3.8) is 0 Å². The molecule has 1 N–H and O–H groups in total. The Morgan fingerprint density at radius 2 is 1.94 bits per heavy atom. The Balaban J connectivity index is 1.58. The summed E-state index contributed by atoms with van der Waals surface area (Å²) in [5.41, 5.74) is 4.67. The third-order valence-electron chi connectivity index (χ3n) is 6.25. The van der Waals surface area contributed by atoms with Gasteiger partial charge >= 0.3 is 0 Å². The normalized spacial score (nSPS) is 15.8. The van der Waals surface area contributed by atoms with Crippen LogP contribution in [0.1, 0.15) is 36.8 Å². The van der Waals surface area contributed by atoms with Crippen molar-refractivity contribution >= 4 is 24.8 Å². The lowest BCUT2D eigenvalue weighted by molar-refractivity contribution is -0.128. The highest BCUT2D eigenvalue weighted by Crippen LogP contribution is 2.34. The monoisotopic (exact) mass is 460 g/mol. The van der Waals surface area contributed by atoms with E-state index in [1.54, 1.807) is 14.2 Å². The number of carbonyl (C=O) groups is 1. The second-order valence-corrected chi connectivity index (χ2v) is 8.89. The van der Waals surface area contributed by atoms with Crippen LogP contribution in [0.5, 0.6) is 11.5 Å². The molecule has 4 rings (SSSR count). The summed E-state index contributed by atoms with van der Waals surface area (Å²) in [4.78, 5) is 15.9. The minimum absolute atomic E-state index is 0.0949. The second-order valence-electron chi connectivity index (χ2n) is 8.89. The highest BCUT2D eigenvalue weighted by atomic mass is 16.5. The molecule has 2 aliphatic rings. The van der Waals surface area contributed by atoms with E-state index in [4.69, 9.17) is 22.1 Å². The Kier molecular flexibility index (Phi) is 8.30. The summed E-state index contributed by atoms with van der Waals surface area (Å²) in [7, 11) is 9.37. The van der Waals surface area contributed by atoms with Crippen LogP contribution >= 0.6 is 0 Å². The van der Waals surface area contributed by atoms with Gasteiger partial charge in [0, 0.05) is 50.9 Å². The first-order valence-corrected chi connectivity index (χ1v) is 12.0. The fraction of sp³-hybridized carbons (Fsp3) is 0.444. The molecule has 2 aromatic carbocycles.